The number of unbranched alkanes of at least 4 members (excludes halogenated alkanes) is 22. The minimum Gasteiger partial charge on any atom is -0.465 e. The molecule has 0 bridgehead atoms. The minimum absolute atomic E-state index is 0.187. The third kappa shape index (κ3) is 39.6. The van der Waals surface area contributed by atoms with Gasteiger partial charge in [-0.25, -0.2) is 0 Å². The third-order valence-electron chi connectivity index (χ3n) is 12.8. The number of hydrogen-bond acceptors (Lipinski definition) is 10. The van der Waals surface area contributed by atoms with Crippen LogP contribution in [0.3, 0.4) is 0 Å². The van der Waals surface area contributed by atoms with E-state index in [1.165, 1.54) is 38.5 Å². The lowest BCUT2D eigenvalue weighted by atomic mass is 9.92. The van der Waals surface area contributed by atoms with Gasteiger partial charge in [0.1, 0.15) is 31.8 Å². The van der Waals surface area contributed by atoms with Gasteiger partial charge in [0, 0.05) is 51.9 Å². The molecule has 0 aromatic rings. The smallest absolute Gasteiger partial charge is 0.305 e. The molecule has 0 unspecified atom stereocenters. The maximum Gasteiger partial charge on any atom is 0.305 e. The highest BCUT2D eigenvalue weighted by molar-refractivity contribution is 5.71. The molecule has 0 radical (unpaired) electrons. The predicted octanol–water partition coefficient (Wildman–Crippen LogP) is 14.0. The van der Waals surface area contributed by atoms with E-state index in [2.05, 4.69) is 74.1 Å². The van der Waals surface area contributed by atoms with E-state index < -0.39 is 5.41 Å². The van der Waals surface area contributed by atoms with Gasteiger partial charge in [-0.05, 0) is 103 Å². The van der Waals surface area contributed by atoms with Crippen molar-refractivity contribution in [1.29, 1.82) is 0 Å². The molecule has 0 N–H and O–H groups in total. The van der Waals surface area contributed by atoms with E-state index in [0.29, 0.717) is 6.42 Å². The first-order valence-electron chi connectivity index (χ1n) is 27.7. The number of esters is 4. The average molecular weight is 943 g/mol. The Labute approximate surface area is 411 Å². The number of likely N-dealkylation sites (N-methyl/N-ethyl adjacent to an activating group) is 1. The predicted molar refractivity (Wildman–Crippen MR) is 277 cm³/mol. The molecule has 0 aliphatic carbocycles. The summed E-state index contributed by atoms with van der Waals surface area (Å²) >= 11 is 0. The molecule has 0 atom stereocenters. The molecule has 0 amide bonds. The summed E-state index contributed by atoms with van der Waals surface area (Å²) in [4.78, 5) is 57.5. The molecule has 1 rings (SSSR count). The number of allylic oxidation sites excluding steroid dienone is 6. The molecule has 1 aliphatic heterocycles. The van der Waals surface area contributed by atoms with Gasteiger partial charge in [-0.2, -0.15) is 0 Å². The highest BCUT2D eigenvalue weighted by atomic mass is 16.6. The van der Waals surface area contributed by atoms with Crippen LogP contribution in [0.25, 0.3) is 0 Å². The molecule has 1 heterocycles. The summed E-state index contributed by atoms with van der Waals surface area (Å²) in [6.45, 7) is 11.0. The van der Waals surface area contributed by atoms with Crippen molar-refractivity contribution < 1.29 is 38.1 Å². The normalized spacial score (nSPS) is 13.9. The summed E-state index contributed by atoms with van der Waals surface area (Å²) in [6.07, 6.45) is 45.5. The molecular weight excluding hydrogens is 841 g/mol. The van der Waals surface area contributed by atoms with E-state index in [1.807, 2.05) is 0 Å². The van der Waals surface area contributed by atoms with E-state index >= 15 is 0 Å². The number of carbonyl (C=O) groups is 4. The fourth-order valence-corrected chi connectivity index (χ4v) is 8.01. The lowest BCUT2D eigenvalue weighted by molar-refractivity contribution is -0.170. The van der Waals surface area contributed by atoms with Crippen LogP contribution in [0.15, 0.2) is 36.5 Å². The topological polar surface area (TPSA) is 112 Å². The van der Waals surface area contributed by atoms with Crippen molar-refractivity contribution in [3.05, 3.63) is 36.5 Å². The van der Waals surface area contributed by atoms with Crippen LogP contribution in [0.5, 0.6) is 0 Å². The lowest BCUT2D eigenvalue weighted by Gasteiger charge is -2.32. The summed E-state index contributed by atoms with van der Waals surface area (Å²) in [5, 5.41) is 0. The molecule has 1 aliphatic rings. The molecule has 10 nitrogen and oxygen atoms in total. The second-order valence-corrected chi connectivity index (χ2v) is 19.5. The van der Waals surface area contributed by atoms with Crippen LogP contribution in [0, 0.1) is 5.41 Å². The molecular formula is C57H102N2O8. The van der Waals surface area contributed by atoms with Gasteiger partial charge in [-0.15, -0.1) is 0 Å². The Hall–Kier alpha value is -2.98. The number of hydrogen-bond donors (Lipinski definition) is 0. The Balaban J connectivity index is 2.87. The molecule has 0 aromatic heterocycles. The summed E-state index contributed by atoms with van der Waals surface area (Å²) in [5.74, 6) is -1.44. The molecule has 0 saturated carbocycles. The van der Waals surface area contributed by atoms with E-state index in [-0.39, 0.29) is 76.0 Å². The van der Waals surface area contributed by atoms with Gasteiger partial charge in [0.05, 0.1) is 0 Å². The molecule has 1 saturated heterocycles. The quantitative estimate of drug-likeness (QED) is 0.0253. The van der Waals surface area contributed by atoms with Crippen molar-refractivity contribution in [1.82, 2.24) is 9.80 Å². The maximum absolute atomic E-state index is 13.2. The van der Waals surface area contributed by atoms with Crippen molar-refractivity contribution in [2.75, 3.05) is 66.2 Å². The number of ether oxygens (including phenoxy) is 4. The molecule has 1 fully saturated rings. The van der Waals surface area contributed by atoms with Crippen LogP contribution in [-0.2, 0) is 38.1 Å². The highest BCUT2D eigenvalue weighted by Gasteiger charge is 2.38. The first-order chi connectivity index (χ1) is 32.7. The van der Waals surface area contributed by atoms with E-state index in [4.69, 9.17) is 18.9 Å². The Morgan fingerprint density at radius 1 is 0.373 bits per heavy atom. The fourth-order valence-electron chi connectivity index (χ4n) is 8.01. The number of nitrogens with zero attached hydrogens (tertiary/aromatic N) is 2. The van der Waals surface area contributed by atoms with Crippen LogP contribution in [0.4, 0.5) is 0 Å². The summed E-state index contributed by atoms with van der Waals surface area (Å²) in [6, 6.07) is 0. The van der Waals surface area contributed by atoms with Crippen molar-refractivity contribution in [2.45, 2.75) is 233 Å². The molecule has 0 spiro atoms. The van der Waals surface area contributed by atoms with Crippen LogP contribution in [0.2, 0.25) is 0 Å². The Bertz CT molecular complexity index is 1170. The van der Waals surface area contributed by atoms with Gasteiger partial charge in [-0.3, -0.25) is 19.2 Å². The standard InChI is InChI=1S/C57H102N2O8/c1-5-8-11-14-17-20-23-26-29-32-35-40-53(60)64-49-57(52-67-56(63)43-38-39-44-59-47-45-58(4)46-48-59,50-65-54(61)41-36-33-30-27-24-21-18-15-12-9-6-2)51-66-55(62)42-37-34-31-28-25-22-19-16-13-10-7-3/h14-19H,5-13,20-52H2,1-4H3/b17-14-,18-15-,19-16-. The third-order valence-corrected chi connectivity index (χ3v) is 12.8. The largest absolute Gasteiger partial charge is 0.465 e. The van der Waals surface area contributed by atoms with Gasteiger partial charge >= 0.3 is 23.9 Å². The molecule has 10 heteroatoms. The first kappa shape index (κ1) is 62.0. The van der Waals surface area contributed by atoms with E-state index in [1.54, 1.807) is 0 Å². The maximum atomic E-state index is 13.2. The Morgan fingerprint density at radius 2 is 0.642 bits per heavy atom. The van der Waals surface area contributed by atoms with Gasteiger partial charge in [0.15, 0.2) is 0 Å². The fraction of sp³-hybridized carbons (Fsp3) is 0.825. The minimum atomic E-state index is -1.23. The number of piperazine rings is 1. The van der Waals surface area contributed by atoms with Gasteiger partial charge in [-0.1, -0.05) is 154 Å². The SMILES string of the molecule is CCCC/C=C\CCCCCCCC(=O)OCC(COC(=O)CCCCCCC/C=C\CCCC)(COC(=O)CCCCCCC/C=C\CCCC)COC(=O)CCCCN1CCN(C)CC1. The number of rotatable bonds is 46. The van der Waals surface area contributed by atoms with Crippen LogP contribution in [-0.4, -0.2) is 99.9 Å². The Kier molecular flexibility index (Phi) is 42.1. The first-order valence-corrected chi connectivity index (χ1v) is 27.7. The summed E-state index contributed by atoms with van der Waals surface area (Å²) < 4.78 is 23.5. The lowest BCUT2D eigenvalue weighted by Crippen LogP contribution is -2.44. The van der Waals surface area contributed by atoms with Crippen LogP contribution >= 0.6 is 0 Å². The second kappa shape index (κ2) is 45.5. The zero-order valence-electron chi connectivity index (χ0n) is 43.8. The molecule has 67 heavy (non-hydrogen) atoms. The highest BCUT2D eigenvalue weighted by Crippen LogP contribution is 2.24. The molecule has 388 valence electrons. The zero-order valence-corrected chi connectivity index (χ0v) is 43.8. The molecule has 0 aromatic carbocycles. The van der Waals surface area contributed by atoms with E-state index in [9.17, 15) is 19.2 Å². The van der Waals surface area contributed by atoms with Crippen LogP contribution in [0.1, 0.15) is 233 Å². The van der Waals surface area contributed by atoms with Crippen molar-refractivity contribution in [2.24, 2.45) is 5.41 Å². The van der Waals surface area contributed by atoms with Gasteiger partial charge in [0.25, 0.3) is 0 Å². The summed E-state index contributed by atoms with van der Waals surface area (Å²) in [5.41, 5.74) is -1.23. The summed E-state index contributed by atoms with van der Waals surface area (Å²) in [7, 11) is 2.14. The second-order valence-electron chi connectivity index (χ2n) is 19.5. The van der Waals surface area contributed by atoms with Crippen molar-refractivity contribution in [3.8, 4) is 0 Å². The Morgan fingerprint density at radius 3 is 0.955 bits per heavy atom. The van der Waals surface area contributed by atoms with Gasteiger partial charge < -0.3 is 28.7 Å². The van der Waals surface area contributed by atoms with Crippen LogP contribution < -0.4 is 0 Å². The monoisotopic (exact) mass is 943 g/mol. The number of carbonyl (C=O) groups excluding carboxylic acids is 4. The van der Waals surface area contributed by atoms with Gasteiger partial charge in [0.2, 0.25) is 0 Å². The average Bonchev–Trinajstić information content (AvgIpc) is 3.33. The zero-order chi connectivity index (χ0) is 48.7. The van der Waals surface area contributed by atoms with E-state index in [0.717, 1.165) is 174 Å². The van der Waals surface area contributed by atoms with Crippen molar-refractivity contribution >= 4 is 23.9 Å². The van der Waals surface area contributed by atoms with Crippen molar-refractivity contribution in [3.63, 3.8) is 0 Å².